The lowest BCUT2D eigenvalue weighted by atomic mass is 10.1. The number of anilines is 1. The monoisotopic (exact) mass is 365 g/mol. The van der Waals surface area contributed by atoms with E-state index < -0.39 is 0 Å². The highest BCUT2D eigenvalue weighted by Gasteiger charge is 2.23. The van der Waals surface area contributed by atoms with Crippen LogP contribution in [0.3, 0.4) is 0 Å². The lowest BCUT2D eigenvalue weighted by Gasteiger charge is -2.06. The molecule has 5 nitrogen and oxygen atoms in total. The van der Waals surface area contributed by atoms with Crippen molar-refractivity contribution in [2.24, 2.45) is 5.92 Å². The largest absolute Gasteiger partial charge is 0.300 e. The van der Waals surface area contributed by atoms with Gasteiger partial charge in [-0.3, -0.25) is 9.59 Å². The molecule has 0 spiro atoms. The molecule has 0 radical (unpaired) electrons. The second-order valence-corrected chi connectivity index (χ2v) is 7.76. The first-order chi connectivity index (χ1) is 11.6. The van der Waals surface area contributed by atoms with Crippen LogP contribution in [0, 0.1) is 11.7 Å². The highest BCUT2D eigenvalue weighted by Crippen LogP contribution is 2.29. The molecule has 1 fully saturated rings. The minimum Gasteiger partial charge on any atom is -0.300 e. The van der Waals surface area contributed by atoms with Crippen molar-refractivity contribution in [2.75, 3.05) is 11.1 Å². The molecule has 0 bridgehead atoms. The maximum absolute atomic E-state index is 12.9. The van der Waals surface area contributed by atoms with Gasteiger partial charge in [-0.15, -0.1) is 10.2 Å². The topological polar surface area (TPSA) is 72.0 Å². The molecule has 1 N–H and O–H groups in total. The van der Waals surface area contributed by atoms with Crippen LogP contribution in [0.5, 0.6) is 0 Å². The maximum Gasteiger partial charge on any atom is 0.229 e. The molecule has 0 saturated heterocycles. The standard InChI is InChI=1S/C16H16FN3O2S2/c17-12-7-5-10(6-8-12)13(21)9-23-16-20-19-15(24-16)18-14(22)11-3-1-2-4-11/h5-8,11H,1-4,9H2,(H,18,19,22). The van der Waals surface area contributed by atoms with Crippen LogP contribution < -0.4 is 5.32 Å². The van der Waals surface area contributed by atoms with E-state index in [1.54, 1.807) is 0 Å². The highest BCUT2D eigenvalue weighted by molar-refractivity contribution is 8.01. The summed E-state index contributed by atoms with van der Waals surface area (Å²) in [4.78, 5) is 24.1. The predicted octanol–water partition coefficient (Wildman–Crippen LogP) is 3.78. The van der Waals surface area contributed by atoms with Gasteiger partial charge in [-0.2, -0.15) is 0 Å². The third-order valence-electron chi connectivity index (χ3n) is 3.86. The Balaban J connectivity index is 1.51. The summed E-state index contributed by atoms with van der Waals surface area (Å²) in [5.74, 6) is -0.207. The van der Waals surface area contributed by atoms with Crippen LogP contribution >= 0.6 is 23.1 Å². The Morgan fingerprint density at radius 2 is 1.92 bits per heavy atom. The maximum atomic E-state index is 12.9. The summed E-state index contributed by atoms with van der Waals surface area (Å²) in [6.07, 6.45) is 4.05. The first kappa shape index (κ1) is 17.0. The Hall–Kier alpha value is -1.80. The number of carbonyl (C=O) groups is 2. The Labute approximate surface area is 147 Å². The van der Waals surface area contributed by atoms with E-state index in [1.165, 1.54) is 47.4 Å². The highest BCUT2D eigenvalue weighted by atomic mass is 32.2. The fraction of sp³-hybridized carbons (Fsp3) is 0.375. The summed E-state index contributed by atoms with van der Waals surface area (Å²) in [7, 11) is 0. The number of hydrogen-bond acceptors (Lipinski definition) is 6. The van der Waals surface area contributed by atoms with Crippen LogP contribution in [-0.4, -0.2) is 27.6 Å². The fourth-order valence-corrected chi connectivity index (χ4v) is 4.21. The van der Waals surface area contributed by atoms with Crippen molar-refractivity contribution < 1.29 is 14.0 Å². The van der Waals surface area contributed by atoms with Crippen LogP contribution in [0.1, 0.15) is 36.0 Å². The van der Waals surface area contributed by atoms with Gasteiger partial charge < -0.3 is 5.32 Å². The SMILES string of the molecule is O=C(CSc1nnc(NC(=O)C2CCCC2)s1)c1ccc(F)cc1. The zero-order chi connectivity index (χ0) is 16.9. The summed E-state index contributed by atoms with van der Waals surface area (Å²) in [5, 5.41) is 11.2. The van der Waals surface area contributed by atoms with E-state index in [9.17, 15) is 14.0 Å². The number of Topliss-reactive ketones (excluding diaryl/α,β-unsaturated/α-hetero) is 1. The van der Waals surface area contributed by atoms with E-state index in [-0.39, 0.29) is 29.2 Å². The quantitative estimate of drug-likeness (QED) is 0.479. The fourth-order valence-electron chi connectivity index (χ4n) is 2.56. The number of ketones is 1. The van der Waals surface area contributed by atoms with Crippen LogP contribution in [0.15, 0.2) is 28.6 Å². The summed E-state index contributed by atoms with van der Waals surface area (Å²) in [5.41, 5.74) is 0.461. The number of thioether (sulfide) groups is 1. The normalized spacial score (nSPS) is 14.7. The molecular formula is C16H16FN3O2S2. The van der Waals surface area contributed by atoms with Gasteiger partial charge in [0.15, 0.2) is 10.1 Å². The lowest BCUT2D eigenvalue weighted by molar-refractivity contribution is -0.119. The van der Waals surface area contributed by atoms with E-state index in [4.69, 9.17) is 0 Å². The molecule has 0 unspecified atom stereocenters. The number of halogens is 1. The minimum absolute atomic E-state index is 0.00240. The molecule has 1 aliphatic rings. The molecule has 126 valence electrons. The van der Waals surface area contributed by atoms with Crippen molar-refractivity contribution >= 4 is 39.9 Å². The number of aromatic nitrogens is 2. The molecule has 1 amide bonds. The Bertz CT molecular complexity index is 727. The number of amides is 1. The molecule has 1 aliphatic carbocycles. The van der Waals surface area contributed by atoms with Crippen molar-refractivity contribution in [3.63, 3.8) is 0 Å². The Morgan fingerprint density at radius 1 is 1.21 bits per heavy atom. The summed E-state index contributed by atoms with van der Waals surface area (Å²) >= 11 is 2.51. The van der Waals surface area contributed by atoms with E-state index in [1.807, 2.05) is 0 Å². The van der Waals surface area contributed by atoms with Gasteiger partial charge in [-0.1, -0.05) is 35.9 Å². The molecule has 3 rings (SSSR count). The molecular weight excluding hydrogens is 349 g/mol. The van der Waals surface area contributed by atoms with E-state index in [0.717, 1.165) is 25.7 Å². The van der Waals surface area contributed by atoms with E-state index >= 15 is 0 Å². The molecule has 0 aliphatic heterocycles. The zero-order valence-electron chi connectivity index (χ0n) is 12.8. The first-order valence-electron chi connectivity index (χ1n) is 7.68. The third-order valence-corrected chi connectivity index (χ3v) is 5.83. The molecule has 24 heavy (non-hydrogen) atoms. The first-order valence-corrected chi connectivity index (χ1v) is 9.48. The average molecular weight is 365 g/mol. The van der Waals surface area contributed by atoms with Crippen LogP contribution in [0.2, 0.25) is 0 Å². The van der Waals surface area contributed by atoms with Gasteiger partial charge in [0.25, 0.3) is 0 Å². The van der Waals surface area contributed by atoms with Crippen LogP contribution in [-0.2, 0) is 4.79 Å². The Kier molecular flexibility index (Phi) is 5.57. The van der Waals surface area contributed by atoms with Gasteiger partial charge in [-0.05, 0) is 37.1 Å². The third kappa shape index (κ3) is 4.39. The van der Waals surface area contributed by atoms with E-state index in [2.05, 4.69) is 15.5 Å². The van der Waals surface area contributed by atoms with Gasteiger partial charge in [0.1, 0.15) is 5.82 Å². The summed E-state index contributed by atoms with van der Waals surface area (Å²) in [6, 6.07) is 5.45. The molecule has 1 aromatic carbocycles. The second-order valence-electron chi connectivity index (χ2n) is 5.56. The molecule has 1 heterocycles. The van der Waals surface area contributed by atoms with Gasteiger partial charge in [0.05, 0.1) is 5.75 Å². The van der Waals surface area contributed by atoms with Crippen molar-refractivity contribution in [1.29, 1.82) is 0 Å². The molecule has 0 atom stereocenters. The van der Waals surface area contributed by atoms with E-state index in [0.29, 0.717) is 15.0 Å². The van der Waals surface area contributed by atoms with Crippen molar-refractivity contribution in [2.45, 2.75) is 30.0 Å². The van der Waals surface area contributed by atoms with Gasteiger partial charge in [0, 0.05) is 11.5 Å². The molecule has 2 aromatic rings. The van der Waals surface area contributed by atoms with Gasteiger partial charge in [0.2, 0.25) is 11.0 Å². The zero-order valence-corrected chi connectivity index (χ0v) is 14.5. The second kappa shape index (κ2) is 7.85. The number of hydrogen-bond donors (Lipinski definition) is 1. The lowest BCUT2D eigenvalue weighted by Crippen LogP contribution is -2.20. The van der Waals surface area contributed by atoms with Crippen molar-refractivity contribution in [3.8, 4) is 0 Å². The predicted molar refractivity (Wildman–Crippen MR) is 92.0 cm³/mol. The van der Waals surface area contributed by atoms with Crippen molar-refractivity contribution in [1.82, 2.24) is 10.2 Å². The van der Waals surface area contributed by atoms with Crippen LogP contribution in [0.25, 0.3) is 0 Å². The summed E-state index contributed by atoms with van der Waals surface area (Å²) in [6.45, 7) is 0. The van der Waals surface area contributed by atoms with Gasteiger partial charge in [-0.25, -0.2) is 4.39 Å². The number of carbonyl (C=O) groups excluding carboxylic acids is 2. The van der Waals surface area contributed by atoms with Crippen LogP contribution in [0.4, 0.5) is 9.52 Å². The minimum atomic E-state index is -0.369. The molecule has 1 aromatic heterocycles. The van der Waals surface area contributed by atoms with Gasteiger partial charge >= 0.3 is 0 Å². The smallest absolute Gasteiger partial charge is 0.229 e. The summed E-state index contributed by atoms with van der Waals surface area (Å²) < 4.78 is 13.5. The number of nitrogens with zero attached hydrogens (tertiary/aromatic N) is 2. The Morgan fingerprint density at radius 3 is 2.62 bits per heavy atom. The van der Waals surface area contributed by atoms with Crippen molar-refractivity contribution in [3.05, 3.63) is 35.6 Å². The average Bonchev–Trinajstić information content (AvgIpc) is 3.25. The molecule has 8 heteroatoms. The number of rotatable bonds is 6. The number of benzene rings is 1. The molecule has 1 saturated carbocycles. The number of nitrogens with one attached hydrogen (secondary N) is 1.